The molecule has 0 amide bonds. The molecule has 0 aliphatic heterocycles. The van der Waals surface area contributed by atoms with Gasteiger partial charge in [-0.3, -0.25) is 4.29 Å². The number of rotatable bonds is 3. The van der Waals surface area contributed by atoms with Crippen LogP contribution < -0.4 is 0 Å². The smallest absolute Gasteiger partial charge is 0.106 e. The van der Waals surface area contributed by atoms with Crippen LogP contribution >= 0.6 is 11.9 Å². The summed E-state index contributed by atoms with van der Waals surface area (Å²) in [5, 5.41) is 0. The van der Waals surface area contributed by atoms with E-state index in [1.807, 2.05) is 30.3 Å². The van der Waals surface area contributed by atoms with Crippen molar-refractivity contribution in [3.8, 4) is 0 Å². The lowest BCUT2D eigenvalue weighted by Crippen LogP contribution is -2.06. The largest absolute Gasteiger partial charge is 0.271 e. The van der Waals surface area contributed by atoms with Gasteiger partial charge in [-0.1, -0.05) is 44.2 Å². The van der Waals surface area contributed by atoms with Crippen LogP contribution in [0.2, 0.25) is 0 Å². The Kier molecular flexibility index (Phi) is 3.57. The third-order valence-corrected chi connectivity index (χ3v) is 2.02. The van der Waals surface area contributed by atoms with E-state index in [1.54, 1.807) is 0 Å². The molecule has 1 atom stereocenters. The maximum atomic E-state index is 5.40. The standard InChI is InChI=1S/C10H13ClO/c1-8(2)10(12-11)9-6-4-3-5-7-9/h3-8,10H,1-2H3. The van der Waals surface area contributed by atoms with Crippen molar-refractivity contribution in [2.24, 2.45) is 5.92 Å². The van der Waals surface area contributed by atoms with Gasteiger partial charge < -0.3 is 0 Å². The van der Waals surface area contributed by atoms with Gasteiger partial charge in [0.1, 0.15) is 6.10 Å². The Morgan fingerprint density at radius 3 is 2.17 bits per heavy atom. The van der Waals surface area contributed by atoms with Crippen LogP contribution in [-0.2, 0) is 4.29 Å². The van der Waals surface area contributed by atoms with E-state index in [-0.39, 0.29) is 6.10 Å². The highest BCUT2D eigenvalue weighted by Gasteiger charge is 2.14. The summed E-state index contributed by atoms with van der Waals surface area (Å²) in [4.78, 5) is 0. The van der Waals surface area contributed by atoms with Gasteiger partial charge in [0.2, 0.25) is 0 Å². The first kappa shape index (κ1) is 9.56. The van der Waals surface area contributed by atoms with E-state index in [0.29, 0.717) is 5.92 Å². The van der Waals surface area contributed by atoms with E-state index in [0.717, 1.165) is 5.56 Å². The zero-order valence-electron chi connectivity index (χ0n) is 7.33. The highest BCUT2D eigenvalue weighted by atomic mass is 35.5. The van der Waals surface area contributed by atoms with E-state index >= 15 is 0 Å². The molecule has 0 aromatic heterocycles. The van der Waals surface area contributed by atoms with Gasteiger partial charge in [0.15, 0.2) is 0 Å². The van der Waals surface area contributed by atoms with Gasteiger partial charge in [0.05, 0.1) is 11.9 Å². The van der Waals surface area contributed by atoms with Gasteiger partial charge in [0, 0.05) is 0 Å². The van der Waals surface area contributed by atoms with E-state index in [2.05, 4.69) is 13.8 Å². The van der Waals surface area contributed by atoms with Gasteiger partial charge in [-0.2, -0.15) is 0 Å². The molecule has 0 aliphatic carbocycles. The van der Waals surface area contributed by atoms with Crippen LogP contribution in [0, 0.1) is 5.92 Å². The van der Waals surface area contributed by atoms with Crippen molar-refractivity contribution in [1.29, 1.82) is 0 Å². The Balaban J connectivity index is 2.80. The lowest BCUT2D eigenvalue weighted by atomic mass is 10.00. The SMILES string of the molecule is CC(C)C(OCl)c1ccccc1. The Morgan fingerprint density at radius 1 is 1.17 bits per heavy atom. The number of benzene rings is 1. The van der Waals surface area contributed by atoms with E-state index in [1.165, 1.54) is 0 Å². The third-order valence-electron chi connectivity index (χ3n) is 1.83. The van der Waals surface area contributed by atoms with Gasteiger partial charge >= 0.3 is 0 Å². The zero-order chi connectivity index (χ0) is 8.97. The maximum Gasteiger partial charge on any atom is 0.106 e. The topological polar surface area (TPSA) is 9.23 Å². The molecule has 0 saturated carbocycles. The third kappa shape index (κ3) is 2.23. The number of hydrogen-bond acceptors (Lipinski definition) is 1. The molecule has 0 radical (unpaired) electrons. The lowest BCUT2D eigenvalue weighted by molar-refractivity contribution is 0.171. The zero-order valence-corrected chi connectivity index (χ0v) is 8.08. The predicted molar refractivity (Wildman–Crippen MR) is 51.0 cm³/mol. The summed E-state index contributed by atoms with van der Waals surface area (Å²) in [6.45, 7) is 4.17. The molecule has 1 nitrogen and oxygen atoms in total. The second-order valence-electron chi connectivity index (χ2n) is 3.16. The summed E-state index contributed by atoms with van der Waals surface area (Å²) in [6, 6.07) is 10.00. The Bertz CT molecular complexity index is 221. The minimum Gasteiger partial charge on any atom is -0.271 e. The van der Waals surface area contributed by atoms with Crippen LogP contribution in [-0.4, -0.2) is 0 Å². The van der Waals surface area contributed by atoms with Gasteiger partial charge in [-0.15, -0.1) is 0 Å². The summed E-state index contributed by atoms with van der Waals surface area (Å²) in [5.41, 5.74) is 1.13. The molecule has 1 aromatic rings. The quantitative estimate of drug-likeness (QED) is 0.698. The van der Waals surface area contributed by atoms with Crippen molar-refractivity contribution < 1.29 is 4.29 Å². The molecular weight excluding hydrogens is 172 g/mol. The van der Waals surface area contributed by atoms with Crippen LogP contribution in [0.3, 0.4) is 0 Å². The fourth-order valence-electron chi connectivity index (χ4n) is 1.18. The highest BCUT2D eigenvalue weighted by Crippen LogP contribution is 2.26. The molecule has 0 fully saturated rings. The van der Waals surface area contributed by atoms with Crippen LogP contribution in [0.4, 0.5) is 0 Å². The van der Waals surface area contributed by atoms with Crippen molar-refractivity contribution in [1.82, 2.24) is 0 Å². The van der Waals surface area contributed by atoms with Crippen LogP contribution in [0.25, 0.3) is 0 Å². The molecule has 1 aromatic carbocycles. The molecule has 0 heterocycles. The fraction of sp³-hybridized carbons (Fsp3) is 0.400. The maximum absolute atomic E-state index is 5.40. The number of hydrogen-bond donors (Lipinski definition) is 0. The summed E-state index contributed by atoms with van der Waals surface area (Å²) >= 11 is 5.40. The Morgan fingerprint density at radius 2 is 1.75 bits per heavy atom. The molecule has 0 bridgehead atoms. The summed E-state index contributed by atoms with van der Waals surface area (Å²) in [5.74, 6) is 0.393. The van der Waals surface area contributed by atoms with Crippen LogP contribution in [0.1, 0.15) is 25.5 Å². The summed E-state index contributed by atoms with van der Waals surface area (Å²) < 4.78 is 4.87. The molecule has 2 heteroatoms. The normalized spacial score (nSPS) is 13.3. The molecular formula is C10H13ClO. The molecule has 12 heavy (non-hydrogen) atoms. The van der Waals surface area contributed by atoms with Crippen molar-refractivity contribution in [3.05, 3.63) is 35.9 Å². The molecule has 66 valence electrons. The average molecular weight is 185 g/mol. The highest BCUT2D eigenvalue weighted by molar-refractivity contribution is 6.07. The molecule has 0 saturated heterocycles. The van der Waals surface area contributed by atoms with Gasteiger partial charge in [-0.05, 0) is 11.5 Å². The van der Waals surface area contributed by atoms with Crippen LogP contribution in [0.5, 0.6) is 0 Å². The number of halogens is 1. The minimum absolute atomic E-state index is 0.00660. The monoisotopic (exact) mass is 184 g/mol. The van der Waals surface area contributed by atoms with Crippen molar-refractivity contribution in [3.63, 3.8) is 0 Å². The Labute approximate surface area is 78.5 Å². The first-order valence-corrected chi connectivity index (χ1v) is 4.39. The van der Waals surface area contributed by atoms with Crippen molar-refractivity contribution >= 4 is 11.9 Å². The molecule has 0 N–H and O–H groups in total. The average Bonchev–Trinajstić information content (AvgIpc) is 2.07. The van der Waals surface area contributed by atoms with E-state index < -0.39 is 0 Å². The summed E-state index contributed by atoms with van der Waals surface area (Å²) in [6.07, 6.45) is -0.00660. The first-order valence-electron chi connectivity index (χ1n) is 4.08. The Hall–Kier alpha value is -0.530. The van der Waals surface area contributed by atoms with Crippen molar-refractivity contribution in [2.45, 2.75) is 20.0 Å². The van der Waals surface area contributed by atoms with E-state index in [9.17, 15) is 0 Å². The van der Waals surface area contributed by atoms with Gasteiger partial charge in [-0.25, -0.2) is 0 Å². The fourth-order valence-corrected chi connectivity index (χ4v) is 1.49. The molecule has 0 spiro atoms. The first-order chi connectivity index (χ1) is 5.75. The molecule has 1 rings (SSSR count). The lowest BCUT2D eigenvalue weighted by Gasteiger charge is -2.16. The summed E-state index contributed by atoms with van der Waals surface area (Å²) in [7, 11) is 0. The second kappa shape index (κ2) is 4.48. The molecule has 1 unspecified atom stereocenters. The molecule has 0 aliphatic rings. The van der Waals surface area contributed by atoms with Crippen LogP contribution in [0.15, 0.2) is 30.3 Å². The van der Waals surface area contributed by atoms with E-state index in [4.69, 9.17) is 16.2 Å². The predicted octanol–water partition coefficient (Wildman–Crippen LogP) is 3.55. The van der Waals surface area contributed by atoms with Gasteiger partial charge in [0.25, 0.3) is 0 Å². The minimum atomic E-state index is -0.00660. The van der Waals surface area contributed by atoms with Crippen molar-refractivity contribution in [2.75, 3.05) is 0 Å². The second-order valence-corrected chi connectivity index (χ2v) is 3.34.